The molecule has 0 bridgehead atoms. The third-order valence-electron chi connectivity index (χ3n) is 2.77. The molecule has 0 unspecified atom stereocenters. The van der Waals surface area contributed by atoms with Gasteiger partial charge in [0.05, 0.1) is 16.1 Å². The van der Waals surface area contributed by atoms with Crippen LogP contribution in [0.25, 0.3) is 10.9 Å². The third-order valence-corrected chi connectivity index (χ3v) is 3.10. The molecule has 0 atom stereocenters. The van der Waals surface area contributed by atoms with Crippen LogP contribution in [0.5, 0.6) is 0 Å². The lowest BCUT2D eigenvalue weighted by molar-refractivity contribution is 0.0804. The van der Waals surface area contributed by atoms with E-state index < -0.39 is 0 Å². The lowest BCUT2D eigenvalue weighted by Gasteiger charge is -2.15. The molecule has 3 nitrogen and oxygen atoms in total. The summed E-state index contributed by atoms with van der Waals surface area (Å²) in [6.45, 7) is 2.60. The third kappa shape index (κ3) is 2.11. The summed E-state index contributed by atoms with van der Waals surface area (Å²) in [5, 5.41) is 1.42. The highest BCUT2D eigenvalue weighted by Gasteiger charge is 2.14. The largest absolute Gasteiger partial charge is 0.342 e. The van der Waals surface area contributed by atoms with Gasteiger partial charge < -0.3 is 4.90 Å². The van der Waals surface area contributed by atoms with Gasteiger partial charge in [-0.25, -0.2) is 0 Å². The molecule has 0 saturated heterocycles. The van der Waals surface area contributed by atoms with Crippen molar-refractivity contribution in [2.45, 2.75) is 6.92 Å². The summed E-state index contributed by atoms with van der Waals surface area (Å²) in [5.74, 6) is -0.0344. The molecule has 0 N–H and O–H groups in total. The topological polar surface area (TPSA) is 33.2 Å². The number of carbonyl (C=O) groups is 1. The van der Waals surface area contributed by atoms with E-state index in [1.54, 1.807) is 30.3 Å². The molecule has 0 radical (unpaired) electrons. The molecule has 1 aromatic carbocycles. The Morgan fingerprint density at radius 3 is 2.88 bits per heavy atom. The van der Waals surface area contributed by atoms with E-state index in [4.69, 9.17) is 11.6 Å². The second kappa shape index (κ2) is 4.72. The minimum atomic E-state index is -0.0344. The van der Waals surface area contributed by atoms with Crippen LogP contribution in [-0.2, 0) is 0 Å². The molecule has 4 heteroatoms. The molecule has 2 rings (SSSR count). The average molecular weight is 249 g/mol. The molecule has 1 amide bonds. The van der Waals surface area contributed by atoms with Crippen molar-refractivity contribution in [1.82, 2.24) is 9.88 Å². The molecule has 0 spiro atoms. The summed E-state index contributed by atoms with van der Waals surface area (Å²) in [5.41, 5.74) is 1.25. The van der Waals surface area contributed by atoms with E-state index in [2.05, 4.69) is 4.98 Å². The molecule has 17 heavy (non-hydrogen) atoms. The summed E-state index contributed by atoms with van der Waals surface area (Å²) in [6, 6.07) is 7.20. The van der Waals surface area contributed by atoms with Crippen LogP contribution in [-0.4, -0.2) is 29.4 Å². The monoisotopic (exact) mass is 248 g/mol. The fourth-order valence-electron chi connectivity index (χ4n) is 1.66. The molecule has 2 aromatic rings. The number of hydrogen-bond donors (Lipinski definition) is 0. The van der Waals surface area contributed by atoms with Gasteiger partial charge in [0.2, 0.25) is 0 Å². The number of carbonyl (C=O) groups excluding carboxylic acids is 1. The molecule has 0 aliphatic rings. The SMILES string of the molecule is CCN(C)C(=O)c1cccc2c(Cl)ccnc12. The minimum Gasteiger partial charge on any atom is -0.342 e. The molecule has 1 heterocycles. The summed E-state index contributed by atoms with van der Waals surface area (Å²) in [4.78, 5) is 18.0. The van der Waals surface area contributed by atoms with Crippen molar-refractivity contribution in [1.29, 1.82) is 0 Å². The smallest absolute Gasteiger partial charge is 0.255 e. The summed E-state index contributed by atoms with van der Waals surface area (Å²) < 4.78 is 0. The number of aromatic nitrogens is 1. The molecule has 0 fully saturated rings. The Balaban J connectivity index is 2.63. The number of fused-ring (bicyclic) bond motifs is 1. The molecule has 0 aliphatic heterocycles. The van der Waals surface area contributed by atoms with Crippen LogP contribution < -0.4 is 0 Å². The normalized spacial score (nSPS) is 10.5. The zero-order valence-electron chi connectivity index (χ0n) is 9.77. The van der Waals surface area contributed by atoms with E-state index in [-0.39, 0.29) is 5.91 Å². The summed E-state index contributed by atoms with van der Waals surface area (Å²) in [7, 11) is 1.77. The number of halogens is 1. The molecular formula is C13H13ClN2O. The van der Waals surface area contributed by atoms with Gasteiger partial charge in [0, 0.05) is 25.2 Å². The van der Waals surface area contributed by atoms with Crippen LogP contribution in [0.1, 0.15) is 17.3 Å². The number of rotatable bonds is 2. The number of pyridine rings is 1. The number of nitrogens with zero attached hydrogens (tertiary/aromatic N) is 2. The first kappa shape index (κ1) is 11.9. The van der Waals surface area contributed by atoms with Gasteiger partial charge in [-0.2, -0.15) is 0 Å². The van der Waals surface area contributed by atoms with E-state index in [1.807, 2.05) is 19.1 Å². The Morgan fingerprint density at radius 1 is 1.41 bits per heavy atom. The average Bonchev–Trinajstić information content (AvgIpc) is 2.37. The van der Waals surface area contributed by atoms with Crippen molar-refractivity contribution in [2.75, 3.05) is 13.6 Å². The standard InChI is InChI=1S/C13H13ClN2O/c1-3-16(2)13(17)10-6-4-5-9-11(14)7-8-15-12(9)10/h4-8H,3H2,1-2H3. The van der Waals surface area contributed by atoms with Gasteiger partial charge >= 0.3 is 0 Å². The first-order valence-corrected chi connectivity index (χ1v) is 5.81. The van der Waals surface area contributed by atoms with Crippen LogP contribution in [0.3, 0.4) is 0 Å². The Kier molecular flexibility index (Phi) is 3.29. The van der Waals surface area contributed by atoms with Crippen molar-refractivity contribution in [3.05, 3.63) is 41.0 Å². The van der Waals surface area contributed by atoms with Gasteiger partial charge in [-0.05, 0) is 19.1 Å². The van der Waals surface area contributed by atoms with Crippen molar-refractivity contribution < 1.29 is 4.79 Å². The van der Waals surface area contributed by atoms with Crippen molar-refractivity contribution >= 4 is 28.4 Å². The van der Waals surface area contributed by atoms with Crippen LogP contribution in [0.15, 0.2) is 30.5 Å². The van der Waals surface area contributed by atoms with Crippen molar-refractivity contribution in [3.63, 3.8) is 0 Å². The number of hydrogen-bond acceptors (Lipinski definition) is 2. The van der Waals surface area contributed by atoms with Crippen molar-refractivity contribution in [3.8, 4) is 0 Å². The number of para-hydroxylation sites is 1. The predicted molar refractivity (Wildman–Crippen MR) is 69.4 cm³/mol. The van der Waals surface area contributed by atoms with Gasteiger partial charge in [-0.15, -0.1) is 0 Å². The van der Waals surface area contributed by atoms with Crippen LogP contribution >= 0.6 is 11.6 Å². The highest BCUT2D eigenvalue weighted by molar-refractivity contribution is 6.35. The Hall–Kier alpha value is -1.61. The van der Waals surface area contributed by atoms with E-state index in [0.717, 1.165) is 5.39 Å². The van der Waals surface area contributed by atoms with Crippen LogP contribution in [0, 0.1) is 0 Å². The molecule has 0 aliphatic carbocycles. The van der Waals surface area contributed by atoms with E-state index in [1.165, 1.54) is 0 Å². The van der Waals surface area contributed by atoms with E-state index in [0.29, 0.717) is 22.6 Å². The lowest BCUT2D eigenvalue weighted by Crippen LogP contribution is -2.26. The second-order valence-corrected chi connectivity index (χ2v) is 4.22. The molecular weight excluding hydrogens is 236 g/mol. The minimum absolute atomic E-state index is 0.0344. The molecule has 0 saturated carbocycles. The number of benzene rings is 1. The molecule has 1 aromatic heterocycles. The highest BCUT2D eigenvalue weighted by atomic mass is 35.5. The summed E-state index contributed by atoms with van der Waals surface area (Å²) in [6.07, 6.45) is 1.62. The molecule has 88 valence electrons. The first-order chi connectivity index (χ1) is 8.15. The number of amides is 1. The van der Waals surface area contributed by atoms with Gasteiger partial charge in [0.15, 0.2) is 0 Å². The van der Waals surface area contributed by atoms with E-state index >= 15 is 0 Å². The maximum atomic E-state index is 12.1. The predicted octanol–water partition coefficient (Wildman–Crippen LogP) is 2.98. The maximum absolute atomic E-state index is 12.1. The van der Waals surface area contributed by atoms with Gasteiger partial charge in [0.1, 0.15) is 0 Å². The van der Waals surface area contributed by atoms with Crippen LogP contribution in [0.2, 0.25) is 5.02 Å². The highest BCUT2D eigenvalue weighted by Crippen LogP contribution is 2.24. The second-order valence-electron chi connectivity index (χ2n) is 3.81. The first-order valence-electron chi connectivity index (χ1n) is 5.44. The van der Waals surface area contributed by atoms with Crippen molar-refractivity contribution in [2.24, 2.45) is 0 Å². The lowest BCUT2D eigenvalue weighted by atomic mass is 10.1. The van der Waals surface area contributed by atoms with Gasteiger partial charge in [0.25, 0.3) is 5.91 Å². The fraction of sp³-hybridized carbons (Fsp3) is 0.231. The maximum Gasteiger partial charge on any atom is 0.255 e. The Bertz CT molecular complexity index is 568. The fourth-order valence-corrected chi connectivity index (χ4v) is 1.87. The Labute approximate surface area is 105 Å². The van der Waals surface area contributed by atoms with E-state index in [9.17, 15) is 4.79 Å². The van der Waals surface area contributed by atoms with Crippen LogP contribution in [0.4, 0.5) is 0 Å². The van der Waals surface area contributed by atoms with Gasteiger partial charge in [-0.1, -0.05) is 23.7 Å². The quantitative estimate of drug-likeness (QED) is 0.819. The Morgan fingerprint density at radius 2 is 2.18 bits per heavy atom. The summed E-state index contributed by atoms with van der Waals surface area (Å²) >= 11 is 6.08. The van der Waals surface area contributed by atoms with Gasteiger partial charge in [-0.3, -0.25) is 9.78 Å². The zero-order chi connectivity index (χ0) is 12.4. The zero-order valence-corrected chi connectivity index (χ0v) is 10.5.